The molecule has 2 bridgehead atoms. The van der Waals surface area contributed by atoms with Gasteiger partial charge in [0, 0.05) is 44.1 Å². The maximum Gasteiger partial charge on any atom is 0.272 e. The number of carbonyl (C=O) groups excluding carboxylic acids is 1. The first-order valence-corrected chi connectivity index (χ1v) is 8.98. The molecule has 2 atom stereocenters. The lowest BCUT2D eigenvalue weighted by atomic mass is 9.94. The molecule has 0 unspecified atom stereocenters. The van der Waals surface area contributed by atoms with Crippen molar-refractivity contribution in [3.8, 4) is 0 Å². The monoisotopic (exact) mass is 336 g/mol. The van der Waals surface area contributed by atoms with E-state index in [9.17, 15) is 4.79 Å². The molecule has 3 saturated heterocycles. The number of rotatable bonds is 3. The van der Waals surface area contributed by atoms with Gasteiger partial charge in [-0.3, -0.25) is 14.7 Å². The van der Waals surface area contributed by atoms with Gasteiger partial charge in [-0.15, -0.1) is 0 Å². The van der Waals surface area contributed by atoms with E-state index in [1.807, 2.05) is 4.90 Å². The van der Waals surface area contributed by atoms with E-state index >= 15 is 0 Å². The molecule has 0 aliphatic carbocycles. The first-order chi connectivity index (χ1) is 12.2. The third-order valence-electron chi connectivity index (χ3n) is 5.35. The Morgan fingerprint density at radius 2 is 1.96 bits per heavy atom. The first-order valence-electron chi connectivity index (χ1n) is 8.98. The van der Waals surface area contributed by atoms with Crippen LogP contribution in [0, 0.1) is 5.92 Å². The van der Waals surface area contributed by atoms with Crippen LogP contribution in [0.4, 0.5) is 5.69 Å². The average Bonchev–Trinajstić information content (AvgIpc) is 2.94. The molecule has 1 amide bonds. The minimum atomic E-state index is 0.00533. The number of amides is 1. The van der Waals surface area contributed by atoms with E-state index < -0.39 is 0 Å². The van der Waals surface area contributed by atoms with Gasteiger partial charge in [0.05, 0.1) is 0 Å². The highest BCUT2D eigenvalue weighted by Crippen LogP contribution is 2.29. The van der Waals surface area contributed by atoms with Crippen molar-refractivity contribution in [2.24, 2.45) is 5.92 Å². The molecular weight excluding hydrogens is 312 g/mol. The van der Waals surface area contributed by atoms with Crippen LogP contribution in [0.25, 0.3) is 0 Å². The zero-order valence-electron chi connectivity index (χ0n) is 14.3. The quantitative estimate of drug-likeness (QED) is 0.935. The molecule has 3 aliphatic rings. The summed E-state index contributed by atoms with van der Waals surface area (Å²) in [6.07, 6.45) is 3.96. The van der Waals surface area contributed by atoms with Crippen LogP contribution in [0.1, 0.15) is 28.9 Å². The third kappa shape index (κ3) is 3.51. The molecule has 3 aliphatic heterocycles. The summed E-state index contributed by atoms with van der Waals surface area (Å²) in [6.45, 7) is 3.62. The summed E-state index contributed by atoms with van der Waals surface area (Å²) < 4.78 is 0. The Balaban J connectivity index is 1.50. The number of carbonyl (C=O) groups is 1. The molecule has 1 aromatic carbocycles. The number of pyridine rings is 1. The Bertz CT molecular complexity index is 748. The fraction of sp³-hybridized carbons (Fsp3) is 0.400. The van der Waals surface area contributed by atoms with Crippen LogP contribution in [-0.4, -0.2) is 46.4 Å². The minimum absolute atomic E-state index is 0.00533. The summed E-state index contributed by atoms with van der Waals surface area (Å²) >= 11 is 0. The number of nitrogens with two attached hydrogens (primary N) is 1. The summed E-state index contributed by atoms with van der Waals surface area (Å²) in [5.41, 5.74) is 8.19. The van der Waals surface area contributed by atoms with Crippen molar-refractivity contribution in [3.63, 3.8) is 0 Å². The maximum absolute atomic E-state index is 12.9. The van der Waals surface area contributed by atoms with E-state index in [1.165, 1.54) is 12.0 Å². The van der Waals surface area contributed by atoms with Gasteiger partial charge in [0.2, 0.25) is 0 Å². The molecule has 2 aromatic rings. The fourth-order valence-corrected chi connectivity index (χ4v) is 4.08. The fourth-order valence-electron chi connectivity index (χ4n) is 4.08. The van der Waals surface area contributed by atoms with E-state index in [2.05, 4.69) is 40.2 Å². The van der Waals surface area contributed by atoms with Gasteiger partial charge in [-0.2, -0.15) is 0 Å². The Morgan fingerprint density at radius 1 is 1.12 bits per heavy atom. The number of aromatic nitrogens is 1. The van der Waals surface area contributed by atoms with Crippen LogP contribution in [0.15, 0.2) is 48.7 Å². The van der Waals surface area contributed by atoms with Crippen LogP contribution >= 0.6 is 0 Å². The summed E-state index contributed by atoms with van der Waals surface area (Å²) in [6, 6.07) is 14.4. The second kappa shape index (κ2) is 6.84. The number of anilines is 1. The molecule has 3 fully saturated rings. The van der Waals surface area contributed by atoms with Crippen molar-refractivity contribution < 1.29 is 4.79 Å². The SMILES string of the molecule is Nc1ccnc(C(=O)N2C[C@H]3CC[C@@H](C2)N(Cc2ccccc2)C3)c1. The van der Waals surface area contributed by atoms with Gasteiger partial charge in [-0.05, 0) is 36.5 Å². The Labute approximate surface area is 148 Å². The molecule has 4 heterocycles. The van der Waals surface area contributed by atoms with Crippen molar-refractivity contribution in [3.05, 3.63) is 59.9 Å². The molecule has 5 heteroatoms. The van der Waals surface area contributed by atoms with Gasteiger partial charge in [-0.1, -0.05) is 30.3 Å². The number of nitrogen functional groups attached to an aromatic ring is 1. The first kappa shape index (κ1) is 16.1. The molecular formula is C20H24N4O. The van der Waals surface area contributed by atoms with E-state index in [4.69, 9.17) is 5.73 Å². The minimum Gasteiger partial charge on any atom is -0.399 e. The van der Waals surface area contributed by atoms with Crippen molar-refractivity contribution >= 4 is 11.6 Å². The number of piperidine rings is 1. The van der Waals surface area contributed by atoms with Crippen LogP contribution in [-0.2, 0) is 6.54 Å². The van der Waals surface area contributed by atoms with Gasteiger partial charge in [-0.25, -0.2) is 0 Å². The second-order valence-electron chi connectivity index (χ2n) is 7.20. The molecule has 1 aromatic heterocycles. The lowest BCUT2D eigenvalue weighted by molar-refractivity contribution is 0.0730. The van der Waals surface area contributed by atoms with Crippen molar-refractivity contribution in [1.29, 1.82) is 0 Å². The standard InChI is InChI=1S/C20H24N4O/c21-17-8-9-22-19(10-17)20(25)24-13-16-6-7-18(14-24)23(12-16)11-15-4-2-1-3-5-15/h1-5,8-10,16,18H,6-7,11-14H2,(H2,21,22)/t16-,18-/m0/s1. The number of hydrogen-bond donors (Lipinski definition) is 1. The van der Waals surface area contributed by atoms with Gasteiger partial charge >= 0.3 is 0 Å². The smallest absolute Gasteiger partial charge is 0.272 e. The zero-order chi connectivity index (χ0) is 17.2. The zero-order valence-corrected chi connectivity index (χ0v) is 14.3. The molecule has 0 radical (unpaired) electrons. The molecule has 5 rings (SSSR count). The number of benzene rings is 1. The van der Waals surface area contributed by atoms with Gasteiger partial charge in [0.25, 0.3) is 5.91 Å². The third-order valence-corrected chi connectivity index (χ3v) is 5.35. The highest BCUT2D eigenvalue weighted by Gasteiger charge is 2.36. The summed E-state index contributed by atoms with van der Waals surface area (Å²) in [5, 5.41) is 0. The van der Waals surface area contributed by atoms with Gasteiger partial charge < -0.3 is 10.6 Å². The number of fused-ring (bicyclic) bond motifs is 4. The summed E-state index contributed by atoms with van der Waals surface area (Å²) in [7, 11) is 0. The highest BCUT2D eigenvalue weighted by atomic mass is 16.2. The molecule has 5 nitrogen and oxygen atoms in total. The van der Waals surface area contributed by atoms with Crippen LogP contribution in [0.2, 0.25) is 0 Å². The topological polar surface area (TPSA) is 62.5 Å². The van der Waals surface area contributed by atoms with Crippen molar-refractivity contribution in [2.75, 3.05) is 25.4 Å². The maximum atomic E-state index is 12.9. The lowest BCUT2D eigenvalue weighted by Gasteiger charge is -2.36. The van der Waals surface area contributed by atoms with Crippen molar-refractivity contribution in [2.45, 2.75) is 25.4 Å². The Hall–Kier alpha value is -2.40. The lowest BCUT2D eigenvalue weighted by Crippen LogP contribution is -2.44. The molecule has 25 heavy (non-hydrogen) atoms. The van der Waals surface area contributed by atoms with E-state index in [0.29, 0.717) is 23.3 Å². The number of hydrogen-bond acceptors (Lipinski definition) is 4. The molecule has 130 valence electrons. The van der Waals surface area contributed by atoms with Crippen LogP contribution in [0.3, 0.4) is 0 Å². The predicted molar refractivity (Wildman–Crippen MR) is 97.9 cm³/mol. The molecule has 2 N–H and O–H groups in total. The number of nitrogens with zero attached hydrogens (tertiary/aromatic N) is 3. The normalized spacial score (nSPS) is 23.4. The van der Waals surface area contributed by atoms with Gasteiger partial charge in [0.15, 0.2) is 0 Å². The molecule has 0 spiro atoms. The van der Waals surface area contributed by atoms with Crippen LogP contribution in [0.5, 0.6) is 0 Å². The molecule has 0 saturated carbocycles. The predicted octanol–water partition coefficient (Wildman–Crippen LogP) is 2.40. The highest BCUT2D eigenvalue weighted by molar-refractivity contribution is 5.93. The second-order valence-corrected chi connectivity index (χ2v) is 7.20. The Morgan fingerprint density at radius 3 is 2.76 bits per heavy atom. The largest absolute Gasteiger partial charge is 0.399 e. The summed E-state index contributed by atoms with van der Waals surface area (Å²) in [5.74, 6) is 0.540. The van der Waals surface area contributed by atoms with E-state index in [-0.39, 0.29) is 5.91 Å². The van der Waals surface area contributed by atoms with E-state index in [1.54, 1.807) is 18.3 Å². The van der Waals surface area contributed by atoms with E-state index in [0.717, 1.165) is 32.6 Å². The average molecular weight is 336 g/mol. The van der Waals surface area contributed by atoms with Crippen LogP contribution < -0.4 is 5.73 Å². The van der Waals surface area contributed by atoms with Gasteiger partial charge in [0.1, 0.15) is 5.69 Å². The summed E-state index contributed by atoms with van der Waals surface area (Å²) in [4.78, 5) is 21.6. The van der Waals surface area contributed by atoms with Crippen molar-refractivity contribution in [1.82, 2.24) is 14.8 Å². The Kier molecular flexibility index (Phi) is 4.40.